The van der Waals surface area contributed by atoms with Gasteiger partial charge in [0.2, 0.25) is 5.88 Å². The van der Waals surface area contributed by atoms with Gasteiger partial charge in [0.1, 0.15) is 5.56 Å². The van der Waals surface area contributed by atoms with Gasteiger partial charge >= 0.3 is 0 Å². The van der Waals surface area contributed by atoms with E-state index >= 15 is 0 Å². The number of rotatable bonds is 3. The quantitative estimate of drug-likeness (QED) is 0.853. The molecule has 0 aliphatic carbocycles. The Hall–Kier alpha value is -1.56. The highest BCUT2D eigenvalue weighted by Gasteiger charge is 2.23. The van der Waals surface area contributed by atoms with E-state index in [2.05, 4.69) is 10.4 Å². The molecule has 3 heterocycles. The fourth-order valence-corrected chi connectivity index (χ4v) is 2.33. The third-order valence-electron chi connectivity index (χ3n) is 3.30. The highest BCUT2D eigenvalue weighted by Crippen LogP contribution is 2.22. The van der Waals surface area contributed by atoms with E-state index in [1.54, 1.807) is 10.9 Å². The van der Waals surface area contributed by atoms with Crippen molar-refractivity contribution in [3.05, 3.63) is 11.8 Å². The van der Waals surface area contributed by atoms with Gasteiger partial charge < -0.3 is 14.8 Å². The molecule has 1 saturated heterocycles. The van der Waals surface area contributed by atoms with Gasteiger partial charge in [0.15, 0.2) is 0 Å². The Kier molecular flexibility index (Phi) is 3.19. The van der Waals surface area contributed by atoms with Crippen molar-refractivity contribution in [1.29, 1.82) is 0 Å². The van der Waals surface area contributed by atoms with Gasteiger partial charge in [-0.2, -0.15) is 5.10 Å². The van der Waals surface area contributed by atoms with E-state index in [-0.39, 0.29) is 12.0 Å². The van der Waals surface area contributed by atoms with Crippen LogP contribution in [0.5, 0.6) is 5.88 Å². The van der Waals surface area contributed by atoms with Gasteiger partial charge in [-0.1, -0.05) is 0 Å². The summed E-state index contributed by atoms with van der Waals surface area (Å²) in [6.07, 6.45) is 4.76. The molecule has 1 fully saturated rings. The molecule has 0 saturated carbocycles. The van der Waals surface area contributed by atoms with Gasteiger partial charge in [-0.3, -0.25) is 4.79 Å². The molecule has 0 aromatic carbocycles. The molecule has 2 aliphatic rings. The number of carbonyl (C=O) groups excluding carboxylic acids is 1. The van der Waals surface area contributed by atoms with Gasteiger partial charge in [0, 0.05) is 26.1 Å². The minimum atomic E-state index is -0.131. The van der Waals surface area contributed by atoms with Crippen molar-refractivity contribution >= 4 is 5.91 Å². The molecule has 18 heavy (non-hydrogen) atoms. The van der Waals surface area contributed by atoms with Crippen molar-refractivity contribution < 1.29 is 14.3 Å². The van der Waals surface area contributed by atoms with Crippen LogP contribution in [0.4, 0.5) is 0 Å². The monoisotopic (exact) mass is 251 g/mol. The molecule has 1 atom stereocenters. The molecule has 2 aliphatic heterocycles. The van der Waals surface area contributed by atoms with Crippen LogP contribution in [-0.4, -0.2) is 41.6 Å². The first-order chi connectivity index (χ1) is 8.84. The van der Waals surface area contributed by atoms with E-state index in [4.69, 9.17) is 9.47 Å². The van der Waals surface area contributed by atoms with Crippen LogP contribution in [0, 0.1) is 0 Å². The Morgan fingerprint density at radius 2 is 2.44 bits per heavy atom. The summed E-state index contributed by atoms with van der Waals surface area (Å²) in [5.74, 6) is 0.458. The zero-order valence-electron chi connectivity index (χ0n) is 10.2. The van der Waals surface area contributed by atoms with Crippen LogP contribution in [-0.2, 0) is 11.3 Å². The lowest BCUT2D eigenvalue weighted by Gasteiger charge is -2.16. The molecule has 6 heteroatoms. The van der Waals surface area contributed by atoms with Gasteiger partial charge in [-0.15, -0.1) is 0 Å². The predicted octanol–water partition coefficient (Wildman–Crippen LogP) is 0.574. The Labute approximate surface area is 105 Å². The number of fused-ring (bicyclic) bond motifs is 1. The summed E-state index contributed by atoms with van der Waals surface area (Å²) in [4.78, 5) is 12.0. The summed E-state index contributed by atoms with van der Waals surface area (Å²) >= 11 is 0. The number of aryl methyl sites for hydroxylation is 1. The minimum Gasteiger partial charge on any atom is -0.477 e. The number of ether oxygens (including phenoxy) is 2. The average Bonchev–Trinajstić information content (AvgIpc) is 3.05. The zero-order valence-corrected chi connectivity index (χ0v) is 10.2. The van der Waals surface area contributed by atoms with E-state index in [9.17, 15) is 4.79 Å². The summed E-state index contributed by atoms with van der Waals surface area (Å²) in [5.41, 5.74) is 0.521. The third kappa shape index (κ3) is 2.20. The Morgan fingerprint density at radius 1 is 1.50 bits per heavy atom. The summed E-state index contributed by atoms with van der Waals surface area (Å²) in [6.45, 7) is 2.82. The number of nitrogens with one attached hydrogen (secondary N) is 1. The maximum atomic E-state index is 12.0. The summed E-state index contributed by atoms with van der Waals surface area (Å²) in [7, 11) is 0. The normalized spacial score (nSPS) is 22.3. The van der Waals surface area contributed by atoms with Crippen LogP contribution in [0.15, 0.2) is 6.20 Å². The molecular formula is C12H17N3O3. The average molecular weight is 251 g/mol. The first-order valence-corrected chi connectivity index (χ1v) is 6.43. The van der Waals surface area contributed by atoms with Crippen LogP contribution in [0.2, 0.25) is 0 Å². The van der Waals surface area contributed by atoms with E-state index in [0.29, 0.717) is 24.6 Å². The standard InChI is InChI=1S/C12H17N3O3/c16-11(13-7-9-3-1-5-17-9)10-8-14-15-4-2-6-18-12(10)15/h8-9H,1-7H2,(H,13,16)/t9-/m1/s1. The Morgan fingerprint density at radius 3 is 3.28 bits per heavy atom. The fraction of sp³-hybridized carbons (Fsp3) is 0.667. The van der Waals surface area contributed by atoms with Crippen LogP contribution in [0.3, 0.4) is 0 Å². The number of hydrogen-bond donors (Lipinski definition) is 1. The number of nitrogens with zero attached hydrogens (tertiary/aromatic N) is 2. The second-order valence-electron chi connectivity index (χ2n) is 4.63. The topological polar surface area (TPSA) is 65.4 Å². The zero-order chi connectivity index (χ0) is 12.4. The van der Waals surface area contributed by atoms with Crippen molar-refractivity contribution in [1.82, 2.24) is 15.1 Å². The second kappa shape index (κ2) is 4.97. The van der Waals surface area contributed by atoms with Crippen LogP contribution in [0.25, 0.3) is 0 Å². The van der Waals surface area contributed by atoms with E-state index in [1.165, 1.54) is 0 Å². The predicted molar refractivity (Wildman–Crippen MR) is 63.6 cm³/mol. The van der Waals surface area contributed by atoms with E-state index < -0.39 is 0 Å². The molecule has 1 aromatic rings. The van der Waals surface area contributed by atoms with Crippen LogP contribution in [0.1, 0.15) is 29.6 Å². The molecule has 1 aromatic heterocycles. The molecule has 0 unspecified atom stereocenters. The van der Waals surface area contributed by atoms with Crippen molar-refractivity contribution in [2.45, 2.75) is 31.9 Å². The maximum Gasteiger partial charge on any atom is 0.258 e. The fourth-order valence-electron chi connectivity index (χ4n) is 2.33. The lowest BCUT2D eigenvalue weighted by Crippen LogP contribution is -2.32. The SMILES string of the molecule is O=C(NC[C@H]1CCCO1)c1cnn2c1OCCC2. The highest BCUT2D eigenvalue weighted by atomic mass is 16.5. The molecule has 98 valence electrons. The van der Waals surface area contributed by atoms with Crippen molar-refractivity contribution in [2.24, 2.45) is 0 Å². The number of carbonyl (C=O) groups is 1. The molecule has 3 rings (SSSR count). The molecule has 1 N–H and O–H groups in total. The number of amides is 1. The number of hydrogen-bond acceptors (Lipinski definition) is 4. The Balaban J connectivity index is 1.63. The number of aromatic nitrogens is 2. The molecule has 0 radical (unpaired) electrons. The maximum absolute atomic E-state index is 12.0. The van der Waals surface area contributed by atoms with Gasteiger partial charge in [0.05, 0.1) is 18.9 Å². The second-order valence-corrected chi connectivity index (χ2v) is 4.63. The van der Waals surface area contributed by atoms with Crippen molar-refractivity contribution in [2.75, 3.05) is 19.8 Å². The minimum absolute atomic E-state index is 0.131. The lowest BCUT2D eigenvalue weighted by atomic mass is 10.2. The van der Waals surface area contributed by atoms with Crippen molar-refractivity contribution in [3.8, 4) is 5.88 Å². The van der Waals surface area contributed by atoms with Gasteiger partial charge in [0.25, 0.3) is 5.91 Å². The smallest absolute Gasteiger partial charge is 0.258 e. The van der Waals surface area contributed by atoms with Crippen LogP contribution >= 0.6 is 0 Å². The van der Waals surface area contributed by atoms with Crippen molar-refractivity contribution in [3.63, 3.8) is 0 Å². The molecule has 0 bridgehead atoms. The highest BCUT2D eigenvalue weighted by molar-refractivity contribution is 5.96. The first-order valence-electron chi connectivity index (χ1n) is 6.43. The van der Waals surface area contributed by atoms with Crippen LogP contribution < -0.4 is 10.1 Å². The molecule has 0 spiro atoms. The Bertz CT molecular complexity index is 438. The summed E-state index contributed by atoms with van der Waals surface area (Å²) in [5, 5.41) is 7.04. The molecule has 1 amide bonds. The largest absolute Gasteiger partial charge is 0.477 e. The van der Waals surface area contributed by atoms with E-state index in [0.717, 1.165) is 32.4 Å². The van der Waals surface area contributed by atoms with Gasteiger partial charge in [-0.05, 0) is 12.8 Å². The lowest BCUT2D eigenvalue weighted by molar-refractivity contribution is 0.0852. The third-order valence-corrected chi connectivity index (χ3v) is 3.30. The van der Waals surface area contributed by atoms with Gasteiger partial charge in [-0.25, -0.2) is 4.68 Å². The summed E-state index contributed by atoms with van der Waals surface area (Å²) in [6, 6.07) is 0. The van der Waals surface area contributed by atoms with E-state index in [1.807, 2.05) is 0 Å². The summed E-state index contributed by atoms with van der Waals surface area (Å²) < 4.78 is 12.7. The first kappa shape index (κ1) is 11.5. The molecular weight excluding hydrogens is 234 g/mol. The molecule has 6 nitrogen and oxygen atoms in total.